The molecule has 0 saturated heterocycles. The maximum Gasteiger partial charge on any atom is 1.00 e. The van der Waals surface area contributed by atoms with Crippen LogP contribution in [0, 0.1) is 0 Å². The number of benzene rings is 2. The van der Waals surface area contributed by atoms with E-state index in [0.717, 1.165) is 10.8 Å². The van der Waals surface area contributed by atoms with Gasteiger partial charge in [0.1, 0.15) is 5.58 Å². The van der Waals surface area contributed by atoms with Gasteiger partial charge in [-0.05, 0) is 18.2 Å². The van der Waals surface area contributed by atoms with E-state index in [1.165, 1.54) is 0 Å². The molecule has 82 valence electrons. The smallest absolute Gasteiger partial charge is 1.00 e. The normalized spacial score (nSPS) is 10.5. The fourth-order valence-electron chi connectivity index (χ4n) is 1.80. The largest absolute Gasteiger partial charge is 1.00 e. The summed E-state index contributed by atoms with van der Waals surface area (Å²) in [6.07, 6.45) is 0. The van der Waals surface area contributed by atoms with Gasteiger partial charge >= 0.3 is 1.43 Å². The third-order valence-electron chi connectivity index (χ3n) is 2.50. The van der Waals surface area contributed by atoms with Crippen molar-refractivity contribution in [2.75, 3.05) is 5.73 Å². The van der Waals surface area contributed by atoms with Crippen LogP contribution in [0.3, 0.4) is 0 Å². The summed E-state index contributed by atoms with van der Waals surface area (Å²) in [5, 5.41) is 11.5. The summed E-state index contributed by atoms with van der Waals surface area (Å²) in [6, 6.07) is 10.8. The van der Waals surface area contributed by atoms with E-state index in [0.29, 0.717) is 16.9 Å². The number of rotatable bonds is 0. The summed E-state index contributed by atoms with van der Waals surface area (Å²) in [7, 11) is 0. The lowest BCUT2D eigenvalue weighted by molar-refractivity contribution is -0.00000431. The fraction of sp³-hybridized carbons (Fsp3) is 0. The molecule has 1 aromatic heterocycles. The molecule has 0 bridgehead atoms. The Kier molecular flexibility index (Phi) is 2.52. The highest BCUT2D eigenvalue weighted by molar-refractivity contribution is 6.07. The number of fused-ring (bicyclic) bond motifs is 3. The van der Waals surface area contributed by atoms with Gasteiger partial charge < -0.3 is 32.2 Å². The molecule has 0 atom stereocenters. The fourth-order valence-corrected chi connectivity index (χ4v) is 1.80. The van der Waals surface area contributed by atoms with E-state index in [2.05, 4.69) is 0 Å². The second-order valence-corrected chi connectivity index (χ2v) is 3.51. The number of hydrogen-bond donors (Lipinski definition) is 2. The van der Waals surface area contributed by atoms with Crippen molar-refractivity contribution in [1.29, 1.82) is 0 Å². The Bertz CT molecular complexity index is 666. The molecule has 0 aliphatic rings. The van der Waals surface area contributed by atoms with Gasteiger partial charge in [0.2, 0.25) is 0 Å². The molecular formula is C12H10BrNO2. The van der Waals surface area contributed by atoms with E-state index in [9.17, 15) is 5.11 Å². The van der Waals surface area contributed by atoms with Crippen molar-refractivity contribution < 1.29 is 27.9 Å². The highest BCUT2D eigenvalue weighted by Crippen LogP contribution is 2.34. The number of nitrogens with two attached hydrogens (primary N) is 1. The van der Waals surface area contributed by atoms with E-state index in [-0.39, 0.29) is 24.2 Å². The van der Waals surface area contributed by atoms with E-state index in [4.69, 9.17) is 10.2 Å². The van der Waals surface area contributed by atoms with Gasteiger partial charge in [0.05, 0.1) is 0 Å². The summed E-state index contributed by atoms with van der Waals surface area (Å²) in [6.45, 7) is 0. The third kappa shape index (κ3) is 1.42. The number of halogens is 1. The highest BCUT2D eigenvalue weighted by atomic mass is 79.9. The maximum atomic E-state index is 9.62. The topological polar surface area (TPSA) is 59.4 Å². The first-order valence-corrected chi connectivity index (χ1v) is 4.65. The summed E-state index contributed by atoms with van der Waals surface area (Å²) >= 11 is 0. The van der Waals surface area contributed by atoms with Gasteiger partial charge in [-0.1, -0.05) is 12.1 Å². The Morgan fingerprint density at radius 2 is 1.94 bits per heavy atom. The lowest BCUT2D eigenvalue weighted by atomic mass is 10.1. The zero-order valence-corrected chi connectivity index (χ0v) is 9.86. The first-order chi connectivity index (χ1) is 7.25. The number of phenols is 1. The van der Waals surface area contributed by atoms with Gasteiger partial charge in [-0.15, -0.1) is 0 Å². The quantitative estimate of drug-likeness (QED) is 0.569. The van der Waals surface area contributed by atoms with Gasteiger partial charge in [0, 0.05) is 22.5 Å². The number of furan rings is 1. The van der Waals surface area contributed by atoms with Crippen molar-refractivity contribution >= 4 is 27.6 Å². The van der Waals surface area contributed by atoms with E-state index in [1.54, 1.807) is 18.2 Å². The van der Waals surface area contributed by atoms with Gasteiger partial charge in [-0.2, -0.15) is 0 Å². The van der Waals surface area contributed by atoms with Crippen molar-refractivity contribution in [2.45, 2.75) is 0 Å². The predicted molar refractivity (Wildman–Crippen MR) is 60.9 cm³/mol. The van der Waals surface area contributed by atoms with E-state index in [1.807, 2.05) is 18.2 Å². The van der Waals surface area contributed by atoms with Gasteiger partial charge in [0.25, 0.3) is 0 Å². The Morgan fingerprint density at radius 3 is 2.75 bits per heavy atom. The second-order valence-electron chi connectivity index (χ2n) is 3.51. The van der Waals surface area contributed by atoms with Crippen LogP contribution in [-0.2, 0) is 0 Å². The van der Waals surface area contributed by atoms with Crippen LogP contribution in [0.5, 0.6) is 5.75 Å². The molecule has 0 aliphatic heterocycles. The molecule has 0 spiro atoms. The molecule has 0 unspecified atom stereocenters. The predicted octanol–water partition coefficient (Wildman–Crippen LogP) is -0.00970. The molecule has 1 heterocycles. The van der Waals surface area contributed by atoms with Crippen molar-refractivity contribution in [3.05, 3.63) is 36.4 Å². The van der Waals surface area contributed by atoms with Crippen molar-refractivity contribution in [1.82, 2.24) is 0 Å². The lowest BCUT2D eigenvalue weighted by Gasteiger charge is -1.91. The number of hydrogen-bond acceptors (Lipinski definition) is 3. The number of phenolic OH excluding ortho intramolecular Hbond substituents is 1. The maximum absolute atomic E-state index is 9.62. The molecule has 0 fully saturated rings. The first-order valence-electron chi connectivity index (χ1n) is 4.65. The molecule has 0 aliphatic carbocycles. The summed E-state index contributed by atoms with van der Waals surface area (Å²) in [5.41, 5.74) is 7.53. The zero-order valence-electron chi connectivity index (χ0n) is 9.27. The van der Waals surface area contributed by atoms with Crippen molar-refractivity contribution in [3.63, 3.8) is 0 Å². The molecule has 16 heavy (non-hydrogen) atoms. The standard InChI is InChI=1S/C12H9NO2.BrH/c13-7-4-5-8-9-2-1-3-10(14)12(9)15-11(8)6-7;/h1-6,14H,13H2;1H. The van der Waals surface area contributed by atoms with Crippen molar-refractivity contribution in [2.24, 2.45) is 0 Å². The Morgan fingerprint density at radius 1 is 1.12 bits per heavy atom. The van der Waals surface area contributed by atoms with Crippen LogP contribution in [-0.4, -0.2) is 5.11 Å². The summed E-state index contributed by atoms with van der Waals surface area (Å²) in [5.74, 6) is 0.155. The Hall–Kier alpha value is -1.68. The van der Waals surface area contributed by atoms with Crippen LogP contribution in [0.2, 0.25) is 0 Å². The number of anilines is 1. The zero-order chi connectivity index (χ0) is 10.4. The number of nitrogen functional groups attached to an aromatic ring is 1. The second kappa shape index (κ2) is 3.72. The molecule has 2 aromatic carbocycles. The molecule has 3 rings (SSSR count). The minimum absolute atomic E-state index is 0. The first kappa shape index (κ1) is 10.8. The molecule has 3 aromatic rings. The molecule has 3 nitrogen and oxygen atoms in total. The molecular weight excluding hydrogens is 270 g/mol. The van der Waals surface area contributed by atoms with Crippen molar-refractivity contribution in [3.8, 4) is 5.75 Å². The van der Waals surface area contributed by atoms with E-state index < -0.39 is 0 Å². The molecule has 4 heteroatoms. The van der Waals surface area contributed by atoms with Crippen LogP contribution < -0.4 is 22.7 Å². The van der Waals surface area contributed by atoms with Crippen LogP contribution >= 0.6 is 0 Å². The molecule has 0 saturated carbocycles. The van der Waals surface area contributed by atoms with Gasteiger partial charge in [-0.25, -0.2) is 0 Å². The molecule has 3 N–H and O–H groups in total. The van der Waals surface area contributed by atoms with Gasteiger partial charge in [0.15, 0.2) is 11.3 Å². The molecule has 0 radical (unpaired) electrons. The minimum atomic E-state index is 0. The Labute approximate surface area is 104 Å². The van der Waals surface area contributed by atoms with Crippen LogP contribution in [0.4, 0.5) is 5.69 Å². The monoisotopic (exact) mass is 279 g/mol. The molecule has 0 amide bonds. The van der Waals surface area contributed by atoms with Crippen LogP contribution in [0.25, 0.3) is 21.9 Å². The Balaban J connectivity index is 0.000000722. The summed E-state index contributed by atoms with van der Waals surface area (Å²) < 4.78 is 5.53. The number of para-hydroxylation sites is 1. The average Bonchev–Trinajstić information content (AvgIpc) is 2.57. The average molecular weight is 280 g/mol. The van der Waals surface area contributed by atoms with Crippen LogP contribution in [0.1, 0.15) is 1.43 Å². The summed E-state index contributed by atoms with van der Waals surface area (Å²) in [4.78, 5) is 0. The van der Waals surface area contributed by atoms with E-state index >= 15 is 0 Å². The number of aromatic hydroxyl groups is 1. The SMILES string of the molecule is Nc1ccc2c(c1)oc1c(O)cccc12.[Br-].[H+]. The van der Waals surface area contributed by atoms with Gasteiger partial charge in [-0.3, -0.25) is 0 Å². The van der Waals surface area contributed by atoms with Crippen LogP contribution in [0.15, 0.2) is 40.8 Å². The minimum Gasteiger partial charge on any atom is -1.00 e. The third-order valence-corrected chi connectivity index (χ3v) is 2.50. The highest BCUT2D eigenvalue weighted by Gasteiger charge is 2.09. The lowest BCUT2D eigenvalue weighted by Crippen LogP contribution is -3.00.